The molecule has 0 bridgehead atoms. The summed E-state index contributed by atoms with van der Waals surface area (Å²) in [5, 5.41) is 0.598. The smallest absolute Gasteiger partial charge is 0.267 e. The van der Waals surface area contributed by atoms with Crippen LogP contribution in [0.3, 0.4) is 0 Å². The molecule has 3 rings (SSSR count). The van der Waals surface area contributed by atoms with Gasteiger partial charge in [0.05, 0.1) is 11.3 Å². The molecular formula is C17H13FN4O2S. The number of nitrogens with zero attached hydrogens (tertiary/aromatic N) is 2. The Morgan fingerprint density at radius 2 is 1.80 bits per heavy atom. The summed E-state index contributed by atoms with van der Waals surface area (Å²) >= 11 is 1.16. The van der Waals surface area contributed by atoms with Crippen LogP contribution in [0.2, 0.25) is 0 Å². The minimum Gasteiger partial charge on any atom is -0.267 e. The van der Waals surface area contributed by atoms with Crippen molar-refractivity contribution >= 4 is 23.2 Å². The molecule has 0 spiro atoms. The fourth-order valence-electron chi connectivity index (χ4n) is 2.06. The molecule has 2 N–H and O–H groups in total. The highest BCUT2D eigenvalue weighted by Crippen LogP contribution is 2.27. The highest BCUT2D eigenvalue weighted by molar-refractivity contribution is 7.17. The summed E-state index contributed by atoms with van der Waals surface area (Å²) in [6.07, 6.45) is 2.94. The second-order valence-corrected chi connectivity index (χ2v) is 6.09. The fraction of sp³-hybridized carbons (Fsp3) is 0.0588. The van der Waals surface area contributed by atoms with E-state index in [4.69, 9.17) is 0 Å². The van der Waals surface area contributed by atoms with Crippen molar-refractivity contribution in [3.05, 3.63) is 70.7 Å². The maximum Gasteiger partial charge on any atom is 0.281 e. The average Bonchev–Trinajstić information content (AvgIpc) is 3.02. The van der Waals surface area contributed by atoms with Gasteiger partial charge in [0, 0.05) is 18.0 Å². The number of benzene rings is 1. The number of hydrogen-bond acceptors (Lipinski definition) is 5. The van der Waals surface area contributed by atoms with E-state index in [0.29, 0.717) is 26.7 Å². The van der Waals surface area contributed by atoms with Crippen molar-refractivity contribution in [2.45, 2.75) is 6.92 Å². The third-order valence-electron chi connectivity index (χ3n) is 3.31. The van der Waals surface area contributed by atoms with Crippen LogP contribution >= 0.6 is 11.3 Å². The van der Waals surface area contributed by atoms with Gasteiger partial charge in [0.15, 0.2) is 0 Å². The third kappa shape index (κ3) is 3.86. The first-order valence-corrected chi connectivity index (χ1v) is 8.10. The molecule has 2 amide bonds. The number of carbonyl (C=O) groups excluding carboxylic acids is 2. The maximum absolute atomic E-state index is 13.0. The van der Waals surface area contributed by atoms with Crippen LogP contribution in [-0.2, 0) is 0 Å². The fourth-order valence-corrected chi connectivity index (χ4v) is 3.03. The molecule has 6 nitrogen and oxygen atoms in total. The van der Waals surface area contributed by atoms with E-state index in [1.54, 1.807) is 37.4 Å². The standard InChI is InChI=1S/C17H13FN4O2S/c1-10-14(25-17(20-10)11-4-6-13(18)7-5-11)16(24)22-21-15(23)12-3-2-8-19-9-12/h2-9H,1H3,(H,21,23)(H,22,24). The van der Waals surface area contributed by atoms with E-state index >= 15 is 0 Å². The first-order valence-electron chi connectivity index (χ1n) is 7.28. The number of amides is 2. The highest BCUT2D eigenvalue weighted by atomic mass is 32.1. The minimum atomic E-state index is -0.472. The van der Waals surface area contributed by atoms with Crippen molar-refractivity contribution < 1.29 is 14.0 Å². The van der Waals surface area contributed by atoms with Gasteiger partial charge in [0.2, 0.25) is 0 Å². The number of hydrogen-bond donors (Lipinski definition) is 2. The van der Waals surface area contributed by atoms with E-state index in [9.17, 15) is 14.0 Å². The number of nitrogens with one attached hydrogen (secondary N) is 2. The van der Waals surface area contributed by atoms with Crippen molar-refractivity contribution in [3.8, 4) is 10.6 Å². The second-order valence-electron chi connectivity index (χ2n) is 5.09. The van der Waals surface area contributed by atoms with Crippen LogP contribution in [0.4, 0.5) is 4.39 Å². The zero-order valence-electron chi connectivity index (χ0n) is 13.1. The van der Waals surface area contributed by atoms with Crippen molar-refractivity contribution in [2.75, 3.05) is 0 Å². The average molecular weight is 356 g/mol. The van der Waals surface area contributed by atoms with Crippen LogP contribution in [0, 0.1) is 12.7 Å². The third-order valence-corrected chi connectivity index (χ3v) is 4.51. The molecule has 8 heteroatoms. The molecule has 0 aliphatic rings. The summed E-state index contributed by atoms with van der Waals surface area (Å²) in [5.74, 6) is -1.28. The zero-order chi connectivity index (χ0) is 17.8. The van der Waals surface area contributed by atoms with Gasteiger partial charge in [0.1, 0.15) is 15.7 Å². The Kier molecular flexibility index (Phi) is 4.80. The molecule has 0 aliphatic carbocycles. The molecule has 3 aromatic rings. The molecule has 0 aliphatic heterocycles. The number of pyridine rings is 1. The summed E-state index contributed by atoms with van der Waals surface area (Å²) in [6, 6.07) is 9.07. The van der Waals surface area contributed by atoms with Gasteiger partial charge in [-0.25, -0.2) is 9.37 Å². The Balaban J connectivity index is 1.70. The molecule has 0 unspecified atom stereocenters. The minimum absolute atomic E-state index is 0.329. The predicted molar refractivity (Wildman–Crippen MR) is 91.4 cm³/mol. The summed E-state index contributed by atoms with van der Waals surface area (Å²) in [6.45, 7) is 1.70. The summed E-state index contributed by atoms with van der Waals surface area (Å²) in [7, 11) is 0. The van der Waals surface area contributed by atoms with E-state index < -0.39 is 11.8 Å². The SMILES string of the molecule is Cc1nc(-c2ccc(F)cc2)sc1C(=O)NNC(=O)c1cccnc1. The normalized spacial score (nSPS) is 10.3. The zero-order valence-corrected chi connectivity index (χ0v) is 13.9. The van der Waals surface area contributed by atoms with Gasteiger partial charge in [-0.2, -0.15) is 0 Å². The van der Waals surface area contributed by atoms with Gasteiger partial charge in [-0.05, 0) is 43.3 Å². The van der Waals surface area contributed by atoms with E-state index in [1.165, 1.54) is 18.3 Å². The summed E-state index contributed by atoms with van der Waals surface area (Å²) in [5.41, 5.74) is 6.26. The molecule has 2 aromatic heterocycles. The van der Waals surface area contributed by atoms with Crippen LogP contribution in [0.15, 0.2) is 48.8 Å². The van der Waals surface area contributed by atoms with E-state index in [-0.39, 0.29) is 5.82 Å². The van der Waals surface area contributed by atoms with E-state index in [0.717, 1.165) is 11.3 Å². The molecule has 0 saturated carbocycles. The second kappa shape index (κ2) is 7.18. The van der Waals surface area contributed by atoms with E-state index in [1.807, 2.05) is 0 Å². The monoisotopic (exact) mass is 356 g/mol. The van der Waals surface area contributed by atoms with Crippen molar-refractivity contribution in [3.63, 3.8) is 0 Å². The van der Waals surface area contributed by atoms with Gasteiger partial charge in [0.25, 0.3) is 11.8 Å². The molecule has 0 radical (unpaired) electrons. The number of aromatic nitrogens is 2. The highest BCUT2D eigenvalue weighted by Gasteiger charge is 2.17. The lowest BCUT2D eigenvalue weighted by Crippen LogP contribution is -2.41. The Hall–Kier alpha value is -3.13. The van der Waals surface area contributed by atoms with Gasteiger partial charge >= 0.3 is 0 Å². The lowest BCUT2D eigenvalue weighted by Gasteiger charge is -2.06. The number of hydrazine groups is 1. The van der Waals surface area contributed by atoms with Crippen LogP contribution in [0.25, 0.3) is 10.6 Å². The van der Waals surface area contributed by atoms with E-state index in [2.05, 4.69) is 20.8 Å². The van der Waals surface area contributed by atoms with Crippen molar-refractivity contribution in [1.82, 2.24) is 20.8 Å². The summed E-state index contributed by atoms with van der Waals surface area (Å²) in [4.78, 5) is 32.7. The Bertz CT molecular complexity index is 910. The number of rotatable bonds is 3. The Morgan fingerprint density at radius 1 is 1.08 bits per heavy atom. The van der Waals surface area contributed by atoms with Crippen molar-refractivity contribution in [1.29, 1.82) is 0 Å². The lowest BCUT2D eigenvalue weighted by atomic mass is 10.2. The Morgan fingerprint density at radius 3 is 2.48 bits per heavy atom. The quantitative estimate of drug-likeness (QED) is 0.707. The molecule has 25 heavy (non-hydrogen) atoms. The Labute approximate surface area is 146 Å². The largest absolute Gasteiger partial charge is 0.281 e. The van der Waals surface area contributed by atoms with Crippen LogP contribution in [-0.4, -0.2) is 21.8 Å². The van der Waals surface area contributed by atoms with Crippen LogP contribution in [0.5, 0.6) is 0 Å². The van der Waals surface area contributed by atoms with Crippen molar-refractivity contribution in [2.24, 2.45) is 0 Å². The van der Waals surface area contributed by atoms with Gasteiger partial charge < -0.3 is 0 Å². The number of thiazole rings is 1. The molecule has 0 atom stereocenters. The topological polar surface area (TPSA) is 84.0 Å². The summed E-state index contributed by atoms with van der Waals surface area (Å²) < 4.78 is 13.0. The molecular weight excluding hydrogens is 343 g/mol. The molecule has 126 valence electrons. The number of carbonyl (C=O) groups is 2. The molecule has 0 saturated heterocycles. The number of halogens is 1. The number of aryl methyl sites for hydroxylation is 1. The molecule has 1 aromatic carbocycles. The first kappa shape index (κ1) is 16.7. The van der Waals surface area contributed by atoms with Gasteiger partial charge in [-0.15, -0.1) is 11.3 Å². The van der Waals surface area contributed by atoms with Crippen LogP contribution in [0.1, 0.15) is 25.7 Å². The van der Waals surface area contributed by atoms with Crippen LogP contribution < -0.4 is 10.9 Å². The molecule has 2 heterocycles. The first-order chi connectivity index (χ1) is 12.0. The maximum atomic E-state index is 13.0. The molecule has 0 fully saturated rings. The lowest BCUT2D eigenvalue weighted by molar-refractivity contribution is 0.0848. The predicted octanol–water partition coefficient (Wildman–Crippen LogP) is 2.73. The van der Waals surface area contributed by atoms with Gasteiger partial charge in [-0.1, -0.05) is 0 Å². The van der Waals surface area contributed by atoms with Gasteiger partial charge in [-0.3, -0.25) is 25.4 Å².